The molecule has 0 aliphatic rings. The molecule has 0 spiro atoms. The van der Waals surface area contributed by atoms with Crippen LogP contribution >= 0.6 is 0 Å². The van der Waals surface area contributed by atoms with Crippen LogP contribution in [0, 0.1) is 17.5 Å². The van der Waals surface area contributed by atoms with E-state index in [1.807, 2.05) is 31.2 Å². The first kappa shape index (κ1) is 14.2. The molecule has 0 heterocycles. The van der Waals surface area contributed by atoms with Crippen molar-refractivity contribution in [2.24, 2.45) is 0 Å². The lowest BCUT2D eigenvalue weighted by molar-refractivity contribution is 0.340. The van der Waals surface area contributed by atoms with Gasteiger partial charge in [-0.25, -0.2) is 13.2 Å². The third kappa shape index (κ3) is 3.44. The van der Waals surface area contributed by atoms with Crippen LogP contribution in [0.15, 0.2) is 36.4 Å². The van der Waals surface area contributed by atoms with Gasteiger partial charge in [-0.3, -0.25) is 0 Å². The minimum absolute atomic E-state index is 0.190. The van der Waals surface area contributed by atoms with Gasteiger partial charge < -0.3 is 10.1 Å². The summed E-state index contributed by atoms with van der Waals surface area (Å²) in [6.07, 6.45) is 0. The molecule has 0 saturated carbocycles. The van der Waals surface area contributed by atoms with Crippen molar-refractivity contribution in [3.63, 3.8) is 0 Å². The van der Waals surface area contributed by atoms with E-state index in [0.717, 1.165) is 23.4 Å². The van der Waals surface area contributed by atoms with E-state index in [1.54, 1.807) is 0 Å². The lowest BCUT2D eigenvalue weighted by atomic mass is 10.2. The Hall–Kier alpha value is -2.17. The van der Waals surface area contributed by atoms with E-state index in [1.165, 1.54) is 0 Å². The first-order valence-corrected chi connectivity index (χ1v) is 6.20. The van der Waals surface area contributed by atoms with Crippen molar-refractivity contribution in [1.82, 2.24) is 0 Å². The predicted molar refractivity (Wildman–Crippen MR) is 71.3 cm³/mol. The van der Waals surface area contributed by atoms with Gasteiger partial charge in [0.2, 0.25) is 0 Å². The van der Waals surface area contributed by atoms with Crippen molar-refractivity contribution in [3.05, 3.63) is 59.4 Å². The Bertz CT molecular complexity index is 561. The van der Waals surface area contributed by atoms with Crippen molar-refractivity contribution in [1.29, 1.82) is 0 Å². The van der Waals surface area contributed by atoms with Gasteiger partial charge in [0.15, 0.2) is 17.5 Å². The van der Waals surface area contributed by atoms with Crippen LogP contribution in [0.25, 0.3) is 0 Å². The van der Waals surface area contributed by atoms with Crippen LogP contribution in [0.5, 0.6) is 5.75 Å². The Morgan fingerprint density at radius 1 is 1.00 bits per heavy atom. The molecule has 20 heavy (non-hydrogen) atoms. The van der Waals surface area contributed by atoms with Crippen molar-refractivity contribution in [3.8, 4) is 5.75 Å². The highest BCUT2D eigenvalue weighted by atomic mass is 19.2. The third-order valence-corrected chi connectivity index (χ3v) is 2.71. The summed E-state index contributed by atoms with van der Waals surface area (Å²) in [4.78, 5) is 0. The van der Waals surface area contributed by atoms with E-state index >= 15 is 0 Å². The average molecular weight is 281 g/mol. The number of nitrogens with one attached hydrogen (secondary N) is 1. The van der Waals surface area contributed by atoms with Gasteiger partial charge in [0.25, 0.3) is 0 Å². The van der Waals surface area contributed by atoms with Crippen molar-refractivity contribution in [2.45, 2.75) is 13.5 Å². The lowest BCUT2D eigenvalue weighted by Gasteiger charge is -2.08. The summed E-state index contributed by atoms with van der Waals surface area (Å²) >= 11 is 0. The van der Waals surface area contributed by atoms with E-state index in [2.05, 4.69) is 5.32 Å². The second-order valence-electron chi connectivity index (χ2n) is 4.18. The number of hydrogen-bond acceptors (Lipinski definition) is 2. The molecule has 0 fully saturated rings. The quantitative estimate of drug-likeness (QED) is 0.833. The second-order valence-corrected chi connectivity index (χ2v) is 4.18. The normalized spacial score (nSPS) is 10.4. The summed E-state index contributed by atoms with van der Waals surface area (Å²) in [5.74, 6) is -3.12. The summed E-state index contributed by atoms with van der Waals surface area (Å²) in [6, 6.07) is 9.15. The Balaban J connectivity index is 2.01. The molecule has 5 heteroatoms. The van der Waals surface area contributed by atoms with Crippen LogP contribution in [-0.2, 0) is 6.54 Å². The zero-order valence-corrected chi connectivity index (χ0v) is 10.9. The Labute approximate surface area is 115 Å². The van der Waals surface area contributed by atoms with Gasteiger partial charge in [0, 0.05) is 24.4 Å². The summed E-state index contributed by atoms with van der Waals surface area (Å²) < 4.78 is 44.2. The molecule has 0 aromatic heterocycles. The van der Waals surface area contributed by atoms with E-state index in [9.17, 15) is 13.2 Å². The molecule has 1 N–H and O–H groups in total. The maximum atomic E-state index is 13.0. The summed E-state index contributed by atoms with van der Waals surface area (Å²) in [5, 5.41) is 2.83. The standard InChI is InChI=1S/C15H14F3NO/c1-2-20-12-5-3-10(4-6-12)9-19-11-7-13(16)15(18)14(17)8-11/h3-8,19H,2,9H2,1H3. The Kier molecular flexibility index (Phi) is 4.50. The topological polar surface area (TPSA) is 21.3 Å². The van der Waals surface area contributed by atoms with E-state index in [0.29, 0.717) is 13.2 Å². The van der Waals surface area contributed by atoms with Gasteiger partial charge in [0.05, 0.1) is 6.61 Å². The van der Waals surface area contributed by atoms with Gasteiger partial charge in [0.1, 0.15) is 5.75 Å². The average Bonchev–Trinajstić information content (AvgIpc) is 2.44. The molecule has 0 aliphatic heterocycles. The highest BCUT2D eigenvalue weighted by Crippen LogP contribution is 2.18. The molecular weight excluding hydrogens is 267 g/mol. The molecule has 0 unspecified atom stereocenters. The number of hydrogen-bond donors (Lipinski definition) is 1. The SMILES string of the molecule is CCOc1ccc(CNc2cc(F)c(F)c(F)c2)cc1. The molecule has 0 aliphatic carbocycles. The maximum Gasteiger partial charge on any atom is 0.194 e. The molecule has 0 saturated heterocycles. The van der Waals surface area contributed by atoms with Gasteiger partial charge in [-0.2, -0.15) is 0 Å². The molecule has 2 nitrogen and oxygen atoms in total. The highest BCUT2D eigenvalue weighted by molar-refractivity contribution is 5.45. The first-order chi connectivity index (χ1) is 9.60. The number of halogens is 3. The van der Waals surface area contributed by atoms with E-state index < -0.39 is 17.5 Å². The molecule has 0 bridgehead atoms. The van der Waals surface area contributed by atoms with Crippen LogP contribution in [0.2, 0.25) is 0 Å². The summed E-state index contributed by atoms with van der Waals surface area (Å²) in [5.41, 5.74) is 1.11. The Morgan fingerprint density at radius 3 is 2.15 bits per heavy atom. The van der Waals surface area contributed by atoms with E-state index in [-0.39, 0.29) is 5.69 Å². The zero-order chi connectivity index (χ0) is 14.5. The molecule has 2 rings (SSSR count). The van der Waals surface area contributed by atoms with E-state index in [4.69, 9.17) is 4.74 Å². The summed E-state index contributed by atoms with van der Waals surface area (Å²) in [7, 11) is 0. The molecule has 2 aromatic rings. The van der Waals surface area contributed by atoms with Crippen LogP contribution in [0.4, 0.5) is 18.9 Å². The fourth-order valence-corrected chi connectivity index (χ4v) is 1.73. The molecule has 2 aromatic carbocycles. The molecular formula is C15H14F3NO. The largest absolute Gasteiger partial charge is 0.494 e. The number of rotatable bonds is 5. The number of ether oxygens (including phenoxy) is 1. The van der Waals surface area contributed by atoms with Gasteiger partial charge in [-0.1, -0.05) is 12.1 Å². The molecule has 0 amide bonds. The van der Waals surface area contributed by atoms with Gasteiger partial charge in [-0.15, -0.1) is 0 Å². The minimum atomic E-state index is -1.46. The van der Waals surface area contributed by atoms with Crippen molar-refractivity contribution < 1.29 is 17.9 Å². The van der Waals surface area contributed by atoms with Crippen LogP contribution in [0.1, 0.15) is 12.5 Å². The number of anilines is 1. The smallest absolute Gasteiger partial charge is 0.194 e. The van der Waals surface area contributed by atoms with Gasteiger partial charge in [-0.05, 0) is 24.6 Å². The highest BCUT2D eigenvalue weighted by Gasteiger charge is 2.10. The molecule has 0 radical (unpaired) electrons. The number of benzene rings is 2. The van der Waals surface area contributed by atoms with Crippen LogP contribution in [0.3, 0.4) is 0 Å². The molecule has 0 atom stereocenters. The van der Waals surface area contributed by atoms with Crippen molar-refractivity contribution >= 4 is 5.69 Å². The van der Waals surface area contributed by atoms with Gasteiger partial charge >= 0.3 is 0 Å². The lowest BCUT2D eigenvalue weighted by Crippen LogP contribution is -2.02. The van der Waals surface area contributed by atoms with Crippen LogP contribution in [-0.4, -0.2) is 6.61 Å². The van der Waals surface area contributed by atoms with Crippen LogP contribution < -0.4 is 10.1 Å². The predicted octanol–water partition coefficient (Wildman–Crippen LogP) is 4.11. The monoisotopic (exact) mass is 281 g/mol. The fraction of sp³-hybridized carbons (Fsp3) is 0.200. The third-order valence-electron chi connectivity index (χ3n) is 2.71. The zero-order valence-electron chi connectivity index (χ0n) is 10.9. The first-order valence-electron chi connectivity index (χ1n) is 6.20. The fourth-order valence-electron chi connectivity index (χ4n) is 1.73. The maximum absolute atomic E-state index is 13.0. The van der Waals surface area contributed by atoms with Crippen molar-refractivity contribution in [2.75, 3.05) is 11.9 Å². The summed E-state index contributed by atoms with van der Waals surface area (Å²) in [6.45, 7) is 2.86. The molecule has 106 valence electrons. The Morgan fingerprint density at radius 2 is 1.60 bits per heavy atom. The minimum Gasteiger partial charge on any atom is -0.494 e. The second kappa shape index (κ2) is 6.32.